The molecule has 0 saturated carbocycles. The second kappa shape index (κ2) is 6.43. The van der Waals surface area contributed by atoms with Gasteiger partial charge in [-0.05, 0) is 47.0 Å². The van der Waals surface area contributed by atoms with Crippen molar-refractivity contribution < 1.29 is 9.53 Å². The van der Waals surface area contributed by atoms with Crippen LogP contribution in [0.2, 0.25) is 0 Å². The van der Waals surface area contributed by atoms with Gasteiger partial charge in [0.1, 0.15) is 5.60 Å². The molecule has 2 N–H and O–H groups in total. The number of hydrogen-bond donors (Lipinski definition) is 2. The predicted molar refractivity (Wildman–Crippen MR) is 61.5 cm³/mol. The third kappa shape index (κ3) is 10.9. The number of carbonyl (C=O) groups is 1. The summed E-state index contributed by atoms with van der Waals surface area (Å²) >= 11 is 0. The Morgan fingerprint density at radius 2 is 1.93 bits per heavy atom. The van der Waals surface area contributed by atoms with E-state index >= 15 is 0 Å². The zero-order chi connectivity index (χ0) is 11.9. The maximum atomic E-state index is 11.2. The Balaban J connectivity index is 3.44. The molecule has 0 aliphatic rings. The summed E-state index contributed by atoms with van der Waals surface area (Å²) in [6.07, 6.45) is 2.26. The average molecular weight is 214 g/mol. The van der Waals surface area contributed by atoms with Crippen LogP contribution in [-0.4, -0.2) is 24.0 Å². The second-order valence-electron chi connectivity index (χ2n) is 4.67. The molecule has 0 aliphatic heterocycles. The van der Waals surface area contributed by atoms with Gasteiger partial charge in [0.05, 0.1) is 0 Å². The van der Waals surface area contributed by atoms with Gasteiger partial charge in [-0.25, -0.2) is 4.79 Å². The number of ether oxygens (including phenoxy) is 1. The van der Waals surface area contributed by atoms with Gasteiger partial charge in [-0.3, -0.25) is 0 Å². The molecule has 0 aromatic carbocycles. The van der Waals surface area contributed by atoms with Gasteiger partial charge < -0.3 is 15.5 Å². The zero-order valence-electron chi connectivity index (χ0n) is 10.1. The van der Waals surface area contributed by atoms with Gasteiger partial charge in [0.15, 0.2) is 0 Å². The van der Waals surface area contributed by atoms with Crippen molar-refractivity contribution in [1.82, 2.24) is 5.32 Å². The molecule has 88 valence electrons. The van der Waals surface area contributed by atoms with E-state index in [9.17, 15) is 4.79 Å². The van der Waals surface area contributed by atoms with Crippen LogP contribution in [0.3, 0.4) is 0 Å². The van der Waals surface area contributed by atoms with E-state index in [1.165, 1.54) is 0 Å². The molecule has 1 amide bonds. The van der Waals surface area contributed by atoms with Crippen LogP contribution in [0.15, 0.2) is 0 Å². The summed E-state index contributed by atoms with van der Waals surface area (Å²) < 4.78 is 5.07. The Hall–Kier alpha value is -1.06. The first-order valence-corrected chi connectivity index (χ1v) is 5.32. The molecule has 0 spiro atoms. The lowest BCUT2D eigenvalue weighted by atomic mass is 10.2. The molecule has 0 fully saturated rings. The van der Waals surface area contributed by atoms with E-state index in [2.05, 4.69) is 5.32 Å². The molecular formula is C11H22N2O2. The summed E-state index contributed by atoms with van der Waals surface area (Å²) in [4.78, 5) is 11.2. The van der Waals surface area contributed by atoms with Crippen molar-refractivity contribution in [3.8, 4) is 0 Å². The molecule has 4 heteroatoms. The second-order valence-corrected chi connectivity index (χ2v) is 4.67. The predicted octanol–water partition coefficient (Wildman–Crippen LogP) is 2.72. The summed E-state index contributed by atoms with van der Waals surface area (Å²) in [5, 5.41) is 9.90. The fourth-order valence-electron chi connectivity index (χ4n) is 1.02. The number of nitrogens with one attached hydrogen (secondary N) is 2. The highest BCUT2D eigenvalue weighted by Crippen LogP contribution is 2.06. The molecule has 0 unspecified atom stereocenters. The smallest absolute Gasteiger partial charge is 0.407 e. The summed E-state index contributed by atoms with van der Waals surface area (Å²) in [6, 6.07) is 0. The maximum Gasteiger partial charge on any atom is 0.407 e. The Bertz CT molecular complexity index is 219. The van der Waals surface area contributed by atoms with Crippen molar-refractivity contribution >= 4 is 11.8 Å². The molecule has 0 heterocycles. The highest BCUT2D eigenvalue weighted by molar-refractivity contribution is 5.78. The van der Waals surface area contributed by atoms with Crippen molar-refractivity contribution in [1.29, 1.82) is 5.41 Å². The van der Waals surface area contributed by atoms with Gasteiger partial charge in [-0.15, -0.1) is 0 Å². The van der Waals surface area contributed by atoms with Crippen molar-refractivity contribution in [2.45, 2.75) is 52.6 Å². The lowest BCUT2D eigenvalue weighted by Crippen LogP contribution is -2.33. The lowest BCUT2D eigenvalue weighted by molar-refractivity contribution is 0.0527. The number of alkyl carbamates (subject to hydrolysis) is 1. The van der Waals surface area contributed by atoms with E-state index in [1.807, 2.05) is 20.8 Å². The minimum atomic E-state index is -0.435. The van der Waals surface area contributed by atoms with Gasteiger partial charge in [0.25, 0.3) is 0 Å². The molecule has 4 nitrogen and oxygen atoms in total. The molecule has 0 radical (unpaired) electrons. The Morgan fingerprint density at radius 3 is 2.40 bits per heavy atom. The van der Waals surface area contributed by atoms with Gasteiger partial charge in [-0.1, -0.05) is 0 Å². The van der Waals surface area contributed by atoms with Crippen molar-refractivity contribution in [3.63, 3.8) is 0 Å². The lowest BCUT2D eigenvalue weighted by Gasteiger charge is -2.19. The van der Waals surface area contributed by atoms with E-state index in [-0.39, 0.29) is 6.09 Å². The van der Waals surface area contributed by atoms with Crippen LogP contribution in [0.1, 0.15) is 47.0 Å². The third-order valence-corrected chi connectivity index (χ3v) is 1.65. The third-order valence-electron chi connectivity index (χ3n) is 1.65. The Morgan fingerprint density at radius 1 is 1.33 bits per heavy atom. The highest BCUT2D eigenvalue weighted by Gasteiger charge is 2.15. The van der Waals surface area contributed by atoms with Crippen LogP contribution in [0, 0.1) is 5.41 Å². The normalized spacial score (nSPS) is 10.9. The number of unbranched alkanes of at least 4 members (excludes halogenated alkanes) is 1. The van der Waals surface area contributed by atoms with Crippen molar-refractivity contribution in [2.24, 2.45) is 0 Å². The first-order chi connectivity index (χ1) is 6.81. The minimum absolute atomic E-state index is 0.367. The zero-order valence-corrected chi connectivity index (χ0v) is 10.1. The van der Waals surface area contributed by atoms with E-state index in [4.69, 9.17) is 10.1 Å². The van der Waals surface area contributed by atoms with Crippen LogP contribution in [0.4, 0.5) is 4.79 Å². The SMILES string of the molecule is CC(=N)CCCCNC(=O)OC(C)(C)C. The van der Waals surface area contributed by atoms with Crippen molar-refractivity contribution in [3.05, 3.63) is 0 Å². The summed E-state index contributed by atoms with van der Waals surface area (Å²) in [5.74, 6) is 0. The molecule has 0 aromatic rings. The standard InChI is InChI=1S/C11H22N2O2/c1-9(12)7-5-6-8-13-10(14)15-11(2,3)4/h12H,5-8H2,1-4H3,(H,13,14). The fraction of sp³-hybridized carbons (Fsp3) is 0.818. The van der Waals surface area contributed by atoms with Crippen molar-refractivity contribution in [2.75, 3.05) is 6.54 Å². The van der Waals surface area contributed by atoms with E-state index in [0.29, 0.717) is 12.3 Å². The molecule has 0 saturated heterocycles. The Kier molecular flexibility index (Phi) is 5.97. The topological polar surface area (TPSA) is 62.2 Å². The molecule has 0 atom stereocenters. The van der Waals surface area contributed by atoms with Crippen LogP contribution in [-0.2, 0) is 4.74 Å². The van der Waals surface area contributed by atoms with Gasteiger partial charge in [-0.2, -0.15) is 0 Å². The molecule has 15 heavy (non-hydrogen) atoms. The maximum absolute atomic E-state index is 11.2. The largest absolute Gasteiger partial charge is 0.444 e. The molecular weight excluding hydrogens is 192 g/mol. The first kappa shape index (κ1) is 13.9. The number of amides is 1. The van der Waals surface area contributed by atoms with Crippen LogP contribution in [0.25, 0.3) is 0 Å². The Labute approximate surface area is 91.9 Å². The van der Waals surface area contributed by atoms with Crippen LogP contribution >= 0.6 is 0 Å². The summed E-state index contributed by atoms with van der Waals surface area (Å²) in [7, 11) is 0. The molecule has 0 aromatic heterocycles. The first-order valence-electron chi connectivity index (χ1n) is 5.32. The summed E-state index contributed by atoms with van der Waals surface area (Å²) in [6.45, 7) is 7.92. The van der Waals surface area contributed by atoms with E-state index in [0.717, 1.165) is 19.3 Å². The average Bonchev–Trinajstić information content (AvgIpc) is 1.99. The van der Waals surface area contributed by atoms with Gasteiger partial charge >= 0.3 is 6.09 Å². The van der Waals surface area contributed by atoms with Gasteiger partial charge in [0, 0.05) is 12.3 Å². The van der Waals surface area contributed by atoms with Crippen LogP contribution in [0.5, 0.6) is 0 Å². The number of rotatable bonds is 5. The minimum Gasteiger partial charge on any atom is -0.444 e. The van der Waals surface area contributed by atoms with E-state index < -0.39 is 5.60 Å². The van der Waals surface area contributed by atoms with Gasteiger partial charge in [0.2, 0.25) is 0 Å². The quantitative estimate of drug-likeness (QED) is 0.546. The molecule has 0 rings (SSSR count). The van der Waals surface area contributed by atoms with Crippen LogP contribution < -0.4 is 5.32 Å². The monoisotopic (exact) mass is 214 g/mol. The fourth-order valence-corrected chi connectivity index (χ4v) is 1.02. The summed E-state index contributed by atoms with van der Waals surface area (Å²) in [5.41, 5.74) is 0.252. The number of carbonyl (C=O) groups excluding carboxylic acids is 1. The molecule has 0 aliphatic carbocycles. The van der Waals surface area contributed by atoms with E-state index in [1.54, 1.807) is 6.92 Å². The highest BCUT2D eigenvalue weighted by atomic mass is 16.6. The molecule has 0 bridgehead atoms. The number of hydrogen-bond acceptors (Lipinski definition) is 3.